The molecular weight excluding hydrogens is 433 g/mol. The van der Waals surface area contributed by atoms with Crippen molar-refractivity contribution in [3.05, 3.63) is 96.3 Å². The average molecular weight is 463 g/mol. The van der Waals surface area contributed by atoms with Crippen LogP contribution < -0.4 is 4.74 Å². The van der Waals surface area contributed by atoms with Crippen molar-refractivity contribution in [2.75, 3.05) is 6.61 Å². The van der Waals surface area contributed by atoms with E-state index in [9.17, 15) is 13.2 Å². The molecular formula is C30H29F3O. The lowest BCUT2D eigenvalue weighted by Crippen LogP contribution is -2.02. The standard InChI is InChI=1S/C30H29F3O/c1-3-4-5-18-34-28-17-16-26(29(32)30(28)33)23-12-10-21(11-13-23)24-14-15-25(27(31)19-24)22-8-6-20(2)7-9-22/h3,8,10-17,19-20H,1,4-7,9,18H2,2H3. The lowest BCUT2D eigenvalue weighted by molar-refractivity contribution is 0.291. The highest BCUT2D eigenvalue weighted by atomic mass is 19.2. The number of benzene rings is 3. The first-order valence-electron chi connectivity index (χ1n) is 11.8. The molecule has 3 aromatic rings. The van der Waals surface area contributed by atoms with Gasteiger partial charge in [-0.1, -0.05) is 55.5 Å². The molecule has 1 aliphatic carbocycles. The third-order valence-electron chi connectivity index (χ3n) is 6.37. The van der Waals surface area contributed by atoms with E-state index < -0.39 is 11.6 Å². The fourth-order valence-corrected chi connectivity index (χ4v) is 4.28. The van der Waals surface area contributed by atoms with Crippen LogP contribution in [0.15, 0.2) is 73.3 Å². The normalized spacial score (nSPS) is 15.6. The van der Waals surface area contributed by atoms with Gasteiger partial charge in [0.05, 0.1) is 6.61 Å². The number of hydrogen-bond donors (Lipinski definition) is 0. The molecule has 1 atom stereocenters. The first kappa shape index (κ1) is 23.9. The summed E-state index contributed by atoms with van der Waals surface area (Å²) in [6.45, 7) is 6.13. The molecule has 3 aromatic carbocycles. The molecule has 0 N–H and O–H groups in total. The van der Waals surface area contributed by atoms with Gasteiger partial charge in [-0.3, -0.25) is 0 Å². The Bertz CT molecular complexity index is 1190. The van der Waals surface area contributed by atoms with E-state index in [0.717, 1.165) is 42.4 Å². The van der Waals surface area contributed by atoms with E-state index in [-0.39, 0.29) is 17.1 Å². The van der Waals surface area contributed by atoms with Crippen LogP contribution >= 0.6 is 0 Å². The number of unbranched alkanes of at least 4 members (excludes halogenated alkanes) is 1. The van der Waals surface area contributed by atoms with Crippen LogP contribution in [0.3, 0.4) is 0 Å². The van der Waals surface area contributed by atoms with E-state index in [4.69, 9.17) is 4.74 Å². The third-order valence-corrected chi connectivity index (χ3v) is 6.37. The highest BCUT2D eigenvalue weighted by Crippen LogP contribution is 2.34. The van der Waals surface area contributed by atoms with Gasteiger partial charge >= 0.3 is 0 Å². The molecule has 0 radical (unpaired) electrons. The zero-order chi connectivity index (χ0) is 24.1. The summed E-state index contributed by atoms with van der Waals surface area (Å²) in [7, 11) is 0. The molecule has 1 nitrogen and oxygen atoms in total. The predicted molar refractivity (Wildman–Crippen MR) is 133 cm³/mol. The molecule has 0 saturated carbocycles. The first-order chi connectivity index (χ1) is 16.5. The second-order valence-corrected chi connectivity index (χ2v) is 8.90. The molecule has 0 spiro atoms. The first-order valence-corrected chi connectivity index (χ1v) is 11.8. The lowest BCUT2D eigenvalue weighted by Gasteiger charge is -2.19. The SMILES string of the molecule is C=CCCCOc1ccc(-c2ccc(-c3ccc(C4=CCC(C)CC4)c(F)c3)cc2)c(F)c1F. The molecule has 0 bridgehead atoms. The summed E-state index contributed by atoms with van der Waals surface area (Å²) < 4.78 is 49.4. The highest BCUT2D eigenvalue weighted by molar-refractivity contribution is 5.74. The van der Waals surface area contributed by atoms with E-state index in [1.807, 2.05) is 12.1 Å². The number of ether oxygens (including phenoxy) is 1. The molecule has 4 rings (SSSR count). The molecule has 0 aromatic heterocycles. The van der Waals surface area contributed by atoms with Gasteiger partial charge in [0, 0.05) is 11.1 Å². The Morgan fingerprint density at radius 2 is 1.62 bits per heavy atom. The van der Waals surface area contributed by atoms with E-state index in [2.05, 4.69) is 19.6 Å². The van der Waals surface area contributed by atoms with Crippen LogP contribution in [0, 0.1) is 23.4 Å². The van der Waals surface area contributed by atoms with Crippen molar-refractivity contribution in [1.29, 1.82) is 0 Å². The minimum atomic E-state index is -0.996. The molecule has 176 valence electrons. The van der Waals surface area contributed by atoms with Gasteiger partial charge in [0.1, 0.15) is 5.82 Å². The van der Waals surface area contributed by atoms with Gasteiger partial charge < -0.3 is 4.74 Å². The van der Waals surface area contributed by atoms with Crippen LogP contribution in [0.4, 0.5) is 13.2 Å². The molecule has 34 heavy (non-hydrogen) atoms. The molecule has 1 unspecified atom stereocenters. The predicted octanol–water partition coefficient (Wildman–Crippen LogP) is 8.99. The van der Waals surface area contributed by atoms with E-state index in [1.165, 1.54) is 12.1 Å². The summed E-state index contributed by atoms with van der Waals surface area (Å²) in [6.07, 6.45) is 8.29. The summed E-state index contributed by atoms with van der Waals surface area (Å²) in [5.41, 5.74) is 3.98. The Morgan fingerprint density at radius 3 is 2.29 bits per heavy atom. The molecule has 0 aliphatic heterocycles. The topological polar surface area (TPSA) is 9.23 Å². The second kappa shape index (κ2) is 10.8. The highest BCUT2D eigenvalue weighted by Gasteiger charge is 2.17. The van der Waals surface area contributed by atoms with Gasteiger partial charge in [-0.25, -0.2) is 8.78 Å². The maximum atomic E-state index is 14.9. The Balaban J connectivity index is 1.52. The van der Waals surface area contributed by atoms with Crippen LogP contribution in [0.25, 0.3) is 27.8 Å². The van der Waals surface area contributed by atoms with Crippen LogP contribution in [0.5, 0.6) is 5.75 Å². The van der Waals surface area contributed by atoms with E-state index in [0.29, 0.717) is 30.1 Å². The van der Waals surface area contributed by atoms with Crippen LogP contribution in [0.2, 0.25) is 0 Å². The lowest BCUT2D eigenvalue weighted by atomic mass is 9.87. The van der Waals surface area contributed by atoms with Crippen molar-refractivity contribution in [2.24, 2.45) is 5.92 Å². The number of rotatable bonds is 8. The maximum Gasteiger partial charge on any atom is 0.201 e. The Labute approximate surface area is 199 Å². The fourth-order valence-electron chi connectivity index (χ4n) is 4.28. The number of halogens is 3. The van der Waals surface area contributed by atoms with Crippen molar-refractivity contribution < 1.29 is 17.9 Å². The van der Waals surface area contributed by atoms with Crippen LogP contribution in [-0.4, -0.2) is 6.61 Å². The Morgan fingerprint density at radius 1 is 0.912 bits per heavy atom. The largest absolute Gasteiger partial charge is 0.490 e. The van der Waals surface area contributed by atoms with Gasteiger partial charge in [0.25, 0.3) is 0 Å². The Hall–Kier alpha value is -3.27. The summed E-state index contributed by atoms with van der Waals surface area (Å²) >= 11 is 0. The zero-order valence-electron chi connectivity index (χ0n) is 19.4. The summed E-state index contributed by atoms with van der Waals surface area (Å²) in [5.74, 6) is -1.63. The zero-order valence-corrected chi connectivity index (χ0v) is 19.4. The minimum absolute atomic E-state index is 0.0972. The minimum Gasteiger partial charge on any atom is -0.490 e. The van der Waals surface area contributed by atoms with Gasteiger partial charge in [-0.2, -0.15) is 4.39 Å². The molecule has 0 amide bonds. The number of allylic oxidation sites excluding steroid dienone is 3. The molecule has 0 fully saturated rings. The van der Waals surface area contributed by atoms with Gasteiger partial charge in [-0.05, 0) is 78.5 Å². The van der Waals surface area contributed by atoms with Gasteiger partial charge in [-0.15, -0.1) is 6.58 Å². The fraction of sp³-hybridized carbons (Fsp3) is 0.267. The Kier molecular flexibility index (Phi) is 7.56. The third kappa shape index (κ3) is 5.27. The molecule has 1 aliphatic rings. The summed E-state index contributed by atoms with van der Waals surface area (Å²) in [6, 6.07) is 15.3. The van der Waals surface area contributed by atoms with Crippen molar-refractivity contribution in [3.63, 3.8) is 0 Å². The molecule has 4 heteroatoms. The maximum absolute atomic E-state index is 14.9. The van der Waals surface area contributed by atoms with Gasteiger partial charge in [0.15, 0.2) is 11.6 Å². The molecule has 0 heterocycles. The monoisotopic (exact) mass is 462 g/mol. The van der Waals surface area contributed by atoms with Crippen molar-refractivity contribution >= 4 is 5.57 Å². The van der Waals surface area contributed by atoms with Crippen LogP contribution in [0.1, 0.15) is 44.6 Å². The number of hydrogen-bond acceptors (Lipinski definition) is 1. The molecule has 0 saturated heterocycles. The average Bonchev–Trinajstić information content (AvgIpc) is 2.85. The second-order valence-electron chi connectivity index (χ2n) is 8.90. The van der Waals surface area contributed by atoms with E-state index >= 15 is 0 Å². The van der Waals surface area contributed by atoms with Crippen LogP contribution in [-0.2, 0) is 0 Å². The van der Waals surface area contributed by atoms with Crippen molar-refractivity contribution in [3.8, 4) is 28.0 Å². The van der Waals surface area contributed by atoms with Crippen molar-refractivity contribution in [1.82, 2.24) is 0 Å². The van der Waals surface area contributed by atoms with Gasteiger partial charge in [0.2, 0.25) is 5.82 Å². The smallest absolute Gasteiger partial charge is 0.201 e. The summed E-state index contributed by atoms with van der Waals surface area (Å²) in [4.78, 5) is 0. The quantitative estimate of drug-likeness (QED) is 0.240. The van der Waals surface area contributed by atoms with Crippen molar-refractivity contribution in [2.45, 2.75) is 39.0 Å². The van der Waals surface area contributed by atoms with E-state index in [1.54, 1.807) is 36.4 Å². The summed E-state index contributed by atoms with van der Waals surface area (Å²) in [5, 5.41) is 0.